The molecule has 2 aromatic rings. The number of pyridine rings is 1. The van der Waals surface area contributed by atoms with E-state index in [-0.39, 0.29) is 5.82 Å². The highest BCUT2D eigenvalue weighted by atomic mass is 19.1. The first kappa shape index (κ1) is 11.6. The van der Waals surface area contributed by atoms with Gasteiger partial charge in [0, 0.05) is 6.42 Å². The summed E-state index contributed by atoms with van der Waals surface area (Å²) in [5.74, 6) is 0.144. The molecular formula is C10H13FN6. The number of nitrogens with two attached hydrogens (primary N) is 1. The topological polar surface area (TPSA) is 82.5 Å². The van der Waals surface area contributed by atoms with E-state index in [1.807, 2.05) is 0 Å². The van der Waals surface area contributed by atoms with Gasteiger partial charge in [-0.15, -0.1) is 10.2 Å². The molecule has 0 radical (unpaired) electrons. The van der Waals surface area contributed by atoms with Crippen LogP contribution in [-0.4, -0.2) is 25.2 Å². The lowest BCUT2D eigenvalue weighted by Crippen LogP contribution is -2.36. The van der Waals surface area contributed by atoms with E-state index in [2.05, 4.69) is 20.4 Å². The van der Waals surface area contributed by atoms with Crippen LogP contribution in [0.5, 0.6) is 0 Å². The summed E-state index contributed by atoms with van der Waals surface area (Å²) in [6.07, 6.45) is 1.53. The minimum Gasteiger partial charge on any atom is -0.320 e. The Morgan fingerprint density at radius 2 is 2.24 bits per heavy atom. The molecule has 2 aromatic heterocycles. The quantitative estimate of drug-likeness (QED) is 0.820. The zero-order valence-electron chi connectivity index (χ0n) is 9.63. The van der Waals surface area contributed by atoms with Gasteiger partial charge in [0.05, 0.1) is 24.5 Å². The van der Waals surface area contributed by atoms with E-state index in [1.165, 1.54) is 10.9 Å². The zero-order chi connectivity index (χ0) is 12.5. The van der Waals surface area contributed by atoms with E-state index >= 15 is 0 Å². The molecule has 90 valence electrons. The molecule has 0 saturated carbocycles. The minimum absolute atomic E-state index is 0.387. The Morgan fingerprint density at radius 1 is 1.47 bits per heavy atom. The van der Waals surface area contributed by atoms with Crippen LogP contribution in [-0.2, 0) is 19.0 Å². The monoisotopic (exact) mass is 236 g/mol. The third kappa shape index (κ3) is 2.62. The third-order valence-electron chi connectivity index (χ3n) is 2.39. The summed E-state index contributed by atoms with van der Waals surface area (Å²) >= 11 is 0. The molecule has 2 heterocycles. The van der Waals surface area contributed by atoms with Gasteiger partial charge in [-0.2, -0.15) is 4.80 Å². The number of aromatic nitrogens is 5. The standard InChI is InChI=1S/C10H13FN6/c1-10(12,5-9-14-16-17(2)15-9)8-4-3-7(11)6-13-8/h3-4,6H,5,12H2,1-2H3. The number of tetrazole rings is 1. The van der Waals surface area contributed by atoms with E-state index in [0.717, 1.165) is 6.20 Å². The molecule has 6 nitrogen and oxygen atoms in total. The summed E-state index contributed by atoms with van der Waals surface area (Å²) < 4.78 is 12.8. The van der Waals surface area contributed by atoms with E-state index in [0.29, 0.717) is 17.9 Å². The molecule has 0 aliphatic rings. The van der Waals surface area contributed by atoms with Crippen LogP contribution in [0.3, 0.4) is 0 Å². The van der Waals surface area contributed by atoms with Gasteiger partial charge in [-0.05, 0) is 24.3 Å². The van der Waals surface area contributed by atoms with Gasteiger partial charge < -0.3 is 5.73 Å². The molecule has 0 aliphatic heterocycles. The van der Waals surface area contributed by atoms with Crippen LogP contribution >= 0.6 is 0 Å². The maximum Gasteiger partial charge on any atom is 0.177 e. The smallest absolute Gasteiger partial charge is 0.177 e. The highest BCUT2D eigenvalue weighted by Gasteiger charge is 2.25. The summed E-state index contributed by atoms with van der Waals surface area (Å²) in [6.45, 7) is 1.80. The molecule has 0 amide bonds. The lowest BCUT2D eigenvalue weighted by Gasteiger charge is -2.21. The lowest BCUT2D eigenvalue weighted by molar-refractivity contribution is 0.459. The van der Waals surface area contributed by atoms with Crippen molar-refractivity contribution < 1.29 is 4.39 Å². The van der Waals surface area contributed by atoms with Crippen molar-refractivity contribution >= 4 is 0 Å². The molecule has 2 N–H and O–H groups in total. The number of rotatable bonds is 3. The summed E-state index contributed by atoms with van der Waals surface area (Å²) in [5.41, 5.74) is 5.96. The molecule has 1 atom stereocenters. The highest BCUT2D eigenvalue weighted by Crippen LogP contribution is 2.18. The number of hydrogen-bond acceptors (Lipinski definition) is 5. The van der Waals surface area contributed by atoms with Gasteiger partial charge in [-0.3, -0.25) is 4.98 Å². The van der Waals surface area contributed by atoms with Gasteiger partial charge in [-0.1, -0.05) is 0 Å². The van der Waals surface area contributed by atoms with E-state index < -0.39 is 5.54 Å². The molecule has 0 saturated heterocycles. The van der Waals surface area contributed by atoms with Crippen LogP contribution in [0.2, 0.25) is 0 Å². The fourth-order valence-electron chi connectivity index (χ4n) is 1.53. The molecule has 0 spiro atoms. The normalized spacial score (nSPS) is 14.6. The number of nitrogens with zero attached hydrogens (tertiary/aromatic N) is 5. The molecule has 0 fully saturated rings. The fourth-order valence-corrected chi connectivity index (χ4v) is 1.53. The van der Waals surface area contributed by atoms with Gasteiger partial charge in [0.2, 0.25) is 0 Å². The average Bonchev–Trinajstić information content (AvgIpc) is 2.63. The van der Waals surface area contributed by atoms with E-state index in [4.69, 9.17) is 5.73 Å². The van der Waals surface area contributed by atoms with Crippen molar-refractivity contribution in [3.05, 3.63) is 35.7 Å². The second-order valence-electron chi connectivity index (χ2n) is 4.15. The van der Waals surface area contributed by atoms with Crippen molar-refractivity contribution in [1.29, 1.82) is 0 Å². The summed E-state index contributed by atoms with van der Waals surface area (Å²) in [5, 5.41) is 11.6. The average molecular weight is 236 g/mol. The van der Waals surface area contributed by atoms with Crippen molar-refractivity contribution in [2.24, 2.45) is 12.8 Å². The number of aryl methyl sites for hydroxylation is 1. The van der Waals surface area contributed by atoms with Crippen molar-refractivity contribution in [2.45, 2.75) is 18.9 Å². The maximum absolute atomic E-state index is 12.8. The first-order chi connectivity index (χ1) is 7.97. The Bertz CT molecular complexity index is 504. The minimum atomic E-state index is -0.753. The Labute approximate surface area is 97.7 Å². The van der Waals surface area contributed by atoms with Gasteiger partial charge in [0.25, 0.3) is 0 Å². The van der Waals surface area contributed by atoms with Crippen molar-refractivity contribution in [2.75, 3.05) is 0 Å². The van der Waals surface area contributed by atoms with Crippen LogP contribution in [0, 0.1) is 5.82 Å². The van der Waals surface area contributed by atoms with Crippen molar-refractivity contribution in [3.8, 4) is 0 Å². The van der Waals surface area contributed by atoms with Crippen molar-refractivity contribution in [3.63, 3.8) is 0 Å². The first-order valence-electron chi connectivity index (χ1n) is 5.11. The Hall–Kier alpha value is -1.89. The van der Waals surface area contributed by atoms with Gasteiger partial charge in [0.15, 0.2) is 5.82 Å². The molecule has 2 rings (SSSR count). The predicted octanol–water partition coefficient (Wildman–Crippen LogP) is 0.161. The molecule has 7 heteroatoms. The molecular weight excluding hydrogens is 223 g/mol. The van der Waals surface area contributed by atoms with E-state index in [1.54, 1.807) is 20.0 Å². The largest absolute Gasteiger partial charge is 0.320 e. The van der Waals surface area contributed by atoms with Gasteiger partial charge >= 0.3 is 0 Å². The lowest BCUT2D eigenvalue weighted by atomic mass is 9.94. The number of halogens is 1. The Balaban J connectivity index is 2.21. The third-order valence-corrected chi connectivity index (χ3v) is 2.39. The predicted molar refractivity (Wildman–Crippen MR) is 58.2 cm³/mol. The van der Waals surface area contributed by atoms with Crippen molar-refractivity contribution in [1.82, 2.24) is 25.2 Å². The second kappa shape index (κ2) is 4.17. The summed E-state index contributed by atoms with van der Waals surface area (Å²) in [4.78, 5) is 5.33. The first-order valence-corrected chi connectivity index (χ1v) is 5.11. The van der Waals surface area contributed by atoms with Crippen LogP contribution < -0.4 is 5.73 Å². The van der Waals surface area contributed by atoms with E-state index in [9.17, 15) is 4.39 Å². The molecule has 17 heavy (non-hydrogen) atoms. The Morgan fingerprint density at radius 3 is 2.76 bits per heavy atom. The fraction of sp³-hybridized carbons (Fsp3) is 0.400. The molecule has 0 bridgehead atoms. The SMILES string of the molecule is Cn1nnc(CC(C)(N)c2ccc(F)cn2)n1. The van der Waals surface area contributed by atoms with Gasteiger partial charge in [-0.25, -0.2) is 4.39 Å². The highest BCUT2D eigenvalue weighted by molar-refractivity contribution is 5.16. The molecule has 0 aliphatic carbocycles. The van der Waals surface area contributed by atoms with Crippen LogP contribution in [0.4, 0.5) is 4.39 Å². The van der Waals surface area contributed by atoms with Gasteiger partial charge in [0.1, 0.15) is 5.82 Å². The summed E-state index contributed by atoms with van der Waals surface area (Å²) in [7, 11) is 1.68. The van der Waals surface area contributed by atoms with Crippen LogP contribution in [0.25, 0.3) is 0 Å². The molecule has 0 aromatic carbocycles. The van der Waals surface area contributed by atoms with Crippen LogP contribution in [0.1, 0.15) is 18.4 Å². The number of hydrogen-bond donors (Lipinski definition) is 1. The van der Waals surface area contributed by atoms with Crippen LogP contribution in [0.15, 0.2) is 18.3 Å². The zero-order valence-corrected chi connectivity index (χ0v) is 9.63. The summed E-state index contributed by atoms with van der Waals surface area (Å²) in [6, 6.07) is 2.89. The Kier molecular flexibility index (Phi) is 2.84. The molecule has 1 unspecified atom stereocenters. The maximum atomic E-state index is 12.8. The second-order valence-corrected chi connectivity index (χ2v) is 4.15.